The molecular formula is C9H18N2O2. The Bertz CT molecular complexity index is 171. The van der Waals surface area contributed by atoms with Crippen LogP contribution in [-0.2, 0) is 4.79 Å². The third-order valence-electron chi connectivity index (χ3n) is 1.85. The molecule has 0 bridgehead atoms. The van der Waals surface area contributed by atoms with Crippen molar-refractivity contribution >= 4 is 5.91 Å². The highest BCUT2D eigenvalue weighted by Crippen LogP contribution is 1.92. The Morgan fingerprint density at radius 2 is 2.38 bits per heavy atom. The van der Waals surface area contributed by atoms with Crippen molar-refractivity contribution in [1.82, 2.24) is 10.2 Å². The third-order valence-corrected chi connectivity index (χ3v) is 1.85. The van der Waals surface area contributed by atoms with Crippen LogP contribution >= 0.6 is 0 Å². The van der Waals surface area contributed by atoms with Gasteiger partial charge in [0.1, 0.15) is 0 Å². The van der Waals surface area contributed by atoms with Gasteiger partial charge < -0.3 is 10.4 Å². The van der Waals surface area contributed by atoms with Crippen LogP contribution < -0.4 is 5.32 Å². The molecule has 0 heterocycles. The second-order valence-electron chi connectivity index (χ2n) is 3.04. The van der Waals surface area contributed by atoms with Gasteiger partial charge in [-0.1, -0.05) is 6.08 Å². The molecule has 0 spiro atoms. The fourth-order valence-electron chi connectivity index (χ4n) is 0.764. The summed E-state index contributed by atoms with van der Waals surface area (Å²) in [7, 11) is 1.80. The predicted octanol–water partition coefficient (Wildman–Crippen LogP) is -0.399. The van der Waals surface area contributed by atoms with Crippen LogP contribution in [-0.4, -0.2) is 48.7 Å². The summed E-state index contributed by atoms with van der Waals surface area (Å²) in [6.07, 6.45) is 1.63. The Balaban J connectivity index is 3.70. The minimum Gasteiger partial charge on any atom is -0.395 e. The van der Waals surface area contributed by atoms with Gasteiger partial charge in [0.05, 0.1) is 13.2 Å². The van der Waals surface area contributed by atoms with Crippen molar-refractivity contribution in [2.75, 3.05) is 26.7 Å². The van der Waals surface area contributed by atoms with Crippen molar-refractivity contribution in [1.29, 1.82) is 0 Å². The zero-order chi connectivity index (χ0) is 10.3. The summed E-state index contributed by atoms with van der Waals surface area (Å²) in [6, 6.07) is 0.00878. The van der Waals surface area contributed by atoms with E-state index < -0.39 is 0 Å². The Morgan fingerprint density at radius 3 is 2.85 bits per heavy atom. The molecule has 0 aromatic carbocycles. The molecule has 0 saturated heterocycles. The van der Waals surface area contributed by atoms with Crippen LogP contribution in [0.3, 0.4) is 0 Å². The molecule has 2 N–H and O–H groups in total. The number of aliphatic hydroxyl groups excluding tert-OH is 1. The van der Waals surface area contributed by atoms with Gasteiger partial charge in [0.15, 0.2) is 0 Å². The van der Waals surface area contributed by atoms with Crippen LogP contribution in [0.5, 0.6) is 0 Å². The smallest absolute Gasteiger partial charge is 0.234 e. The van der Waals surface area contributed by atoms with Crippen LogP contribution in [0.25, 0.3) is 0 Å². The lowest BCUT2D eigenvalue weighted by Gasteiger charge is -2.21. The first kappa shape index (κ1) is 12.1. The Hall–Kier alpha value is -0.870. The average molecular weight is 186 g/mol. The van der Waals surface area contributed by atoms with Crippen LogP contribution in [0.1, 0.15) is 6.92 Å². The molecular weight excluding hydrogens is 168 g/mol. The van der Waals surface area contributed by atoms with Gasteiger partial charge in [-0.05, 0) is 14.0 Å². The van der Waals surface area contributed by atoms with E-state index in [9.17, 15) is 4.79 Å². The van der Waals surface area contributed by atoms with Gasteiger partial charge in [0, 0.05) is 12.6 Å². The van der Waals surface area contributed by atoms with Gasteiger partial charge in [-0.25, -0.2) is 0 Å². The zero-order valence-electron chi connectivity index (χ0n) is 8.29. The Kier molecular flexibility index (Phi) is 6.18. The number of likely N-dealkylation sites (N-methyl/N-ethyl adjacent to an activating group) is 1. The van der Waals surface area contributed by atoms with E-state index in [1.54, 1.807) is 18.0 Å². The van der Waals surface area contributed by atoms with Crippen molar-refractivity contribution in [2.45, 2.75) is 13.0 Å². The molecule has 13 heavy (non-hydrogen) atoms. The van der Waals surface area contributed by atoms with Crippen molar-refractivity contribution in [3.63, 3.8) is 0 Å². The standard InChI is InChI=1S/C9H18N2O2/c1-4-5-10-9(13)6-11(3)8(2)7-12/h4,8,12H,1,5-7H2,2-3H3,(H,10,13). The van der Waals surface area contributed by atoms with E-state index in [1.165, 1.54) is 0 Å². The second-order valence-corrected chi connectivity index (χ2v) is 3.04. The maximum Gasteiger partial charge on any atom is 0.234 e. The lowest BCUT2D eigenvalue weighted by Crippen LogP contribution is -2.40. The summed E-state index contributed by atoms with van der Waals surface area (Å²) in [5.41, 5.74) is 0. The molecule has 0 saturated carbocycles. The van der Waals surface area contributed by atoms with E-state index in [0.29, 0.717) is 13.1 Å². The number of nitrogens with zero attached hydrogens (tertiary/aromatic N) is 1. The number of hydrogen-bond acceptors (Lipinski definition) is 3. The number of nitrogens with one attached hydrogen (secondary N) is 1. The molecule has 1 atom stereocenters. The predicted molar refractivity (Wildman–Crippen MR) is 52.4 cm³/mol. The molecule has 0 radical (unpaired) electrons. The molecule has 4 heteroatoms. The minimum absolute atomic E-state index is 0.00878. The number of hydrogen-bond donors (Lipinski definition) is 2. The molecule has 0 aliphatic heterocycles. The van der Waals surface area contributed by atoms with Crippen LogP contribution in [0.4, 0.5) is 0 Å². The highest BCUT2D eigenvalue weighted by atomic mass is 16.3. The molecule has 4 nitrogen and oxygen atoms in total. The number of carbonyl (C=O) groups is 1. The van der Waals surface area contributed by atoms with Crippen molar-refractivity contribution in [3.8, 4) is 0 Å². The maximum absolute atomic E-state index is 11.2. The molecule has 0 aliphatic rings. The van der Waals surface area contributed by atoms with Gasteiger partial charge in [-0.3, -0.25) is 9.69 Å². The molecule has 1 amide bonds. The maximum atomic E-state index is 11.2. The van der Waals surface area contributed by atoms with E-state index in [4.69, 9.17) is 5.11 Å². The number of carbonyl (C=O) groups excluding carboxylic acids is 1. The Labute approximate surface area is 79.2 Å². The van der Waals surface area contributed by atoms with Gasteiger partial charge in [-0.2, -0.15) is 0 Å². The highest BCUT2D eigenvalue weighted by molar-refractivity contribution is 5.78. The normalized spacial score (nSPS) is 12.6. The number of aliphatic hydroxyl groups is 1. The van der Waals surface area contributed by atoms with Crippen LogP contribution in [0.15, 0.2) is 12.7 Å². The fourth-order valence-corrected chi connectivity index (χ4v) is 0.764. The van der Waals surface area contributed by atoms with E-state index in [0.717, 1.165) is 0 Å². The molecule has 0 aliphatic carbocycles. The molecule has 0 fully saturated rings. The third kappa shape index (κ3) is 5.38. The summed E-state index contributed by atoms with van der Waals surface area (Å²) in [6.45, 7) is 6.20. The lowest BCUT2D eigenvalue weighted by molar-refractivity contribution is -0.122. The molecule has 1 unspecified atom stereocenters. The minimum atomic E-state index is -0.0531. The van der Waals surface area contributed by atoms with Crippen molar-refractivity contribution in [2.24, 2.45) is 0 Å². The average Bonchev–Trinajstić information content (AvgIpc) is 2.13. The van der Waals surface area contributed by atoms with Crippen LogP contribution in [0.2, 0.25) is 0 Å². The summed E-state index contributed by atoms with van der Waals surface area (Å²) < 4.78 is 0. The monoisotopic (exact) mass is 186 g/mol. The summed E-state index contributed by atoms with van der Waals surface area (Å²) in [5.74, 6) is -0.0531. The van der Waals surface area contributed by atoms with E-state index in [-0.39, 0.29) is 18.6 Å². The van der Waals surface area contributed by atoms with Gasteiger partial charge in [0.2, 0.25) is 5.91 Å². The first-order valence-corrected chi connectivity index (χ1v) is 4.30. The molecule has 0 rings (SSSR count). The number of amides is 1. The zero-order valence-corrected chi connectivity index (χ0v) is 8.29. The second kappa shape index (κ2) is 6.62. The topological polar surface area (TPSA) is 52.6 Å². The summed E-state index contributed by atoms with van der Waals surface area (Å²) in [4.78, 5) is 12.9. The van der Waals surface area contributed by atoms with Gasteiger partial charge in [0.25, 0.3) is 0 Å². The molecule has 76 valence electrons. The first-order valence-electron chi connectivity index (χ1n) is 4.30. The van der Waals surface area contributed by atoms with Gasteiger partial charge >= 0.3 is 0 Å². The van der Waals surface area contributed by atoms with E-state index >= 15 is 0 Å². The highest BCUT2D eigenvalue weighted by Gasteiger charge is 2.10. The first-order chi connectivity index (χ1) is 6.11. The lowest BCUT2D eigenvalue weighted by atomic mass is 10.3. The van der Waals surface area contributed by atoms with Gasteiger partial charge in [-0.15, -0.1) is 6.58 Å². The van der Waals surface area contributed by atoms with E-state index in [2.05, 4.69) is 11.9 Å². The Morgan fingerprint density at radius 1 is 1.77 bits per heavy atom. The van der Waals surface area contributed by atoms with Crippen molar-refractivity contribution < 1.29 is 9.90 Å². The summed E-state index contributed by atoms with van der Waals surface area (Å²) in [5, 5.41) is 11.5. The molecule has 0 aromatic rings. The largest absolute Gasteiger partial charge is 0.395 e. The summed E-state index contributed by atoms with van der Waals surface area (Å²) >= 11 is 0. The molecule has 0 aromatic heterocycles. The van der Waals surface area contributed by atoms with E-state index in [1.807, 2.05) is 6.92 Å². The van der Waals surface area contributed by atoms with Crippen molar-refractivity contribution in [3.05, 3.63) is 12.7 Å². The SMILES string of the molecule is C=CCNC(=O)CN(C)C(C)CO. The van der Waals surface area contributed by atoms with Crippen LogP contribution in [0, 0.1) is 0 Å². The quantitative estimate of drug-likeness (QED) is 0.555. The number of rotatable bonds is 6. The fraction of sp³-hybridized carbons (Fsp3) is 0.667.